The van der Waals surface area contributed by atoms with Crippen molar-refractivity contribution in [3.63, 3.8) is 0 Å². The van der Waals surface area contributed by atoms with Gasteiger partial charge in [-0.3, -0.25) is 4.79 Å². The van der Waals surface area contributed by atoms with Gasteiger partial charge in [0.1, 0.15) is 12.1 Å². The first-order chi connectivity index (χ1) is 11.3. The molecule has 0 aromatic rings. The first-order valence-electron chi connectivity index (χ1n) is 9.69. The molecule has 0 unspecified atom stereocenters. The summed E-state index contributed by atoms with van der Waals surface area (Å²) >= 11 is 0. The number of carbonyl (C=O) groups is 2. The molecule has 0 aromatic carbocycles. The van der Waals surface area contributed by atoms with E-state index in [0.717, 1.165) is 37.7 Å². The highest BCUT2D eigenvalue weighted by Crippen LogP contribution is 2.66. The van der Waals surface area contributed by atoms with Crippen LogP contribution < -0.4 is 0 Å². The summed E-state index contributed by atoms with van der Waals surface area (Å²) in [5.41, 5.74) is 0.0889. The van der Waals surface area contributed by atoms with E-state index >= 15 is 0 Å². The minimum Gasteiger partial charge on any atom is -0.390 e. The van der Waals surface area contributed by atoms with Crippen molar-refractivity contribution in [2.24, 2.45) is 34.5 Å². The van der Waals surface area contributed by atoms with Gasteiger partial charge in [-0.15, -0.1) is 0 Å². The topological polar surface area (TPSA) is 54.4 Å². The molecule has 0 bridgehead atoms. The highest BCUT2D eigenvalue weighted by molar-refractivity contribution is 5.88. The third-order valence-corrected chi connectivity index (χ3v) is 8.75. The third kappa shape index (κ3) is 1.83. The van der Waals surface area contributed by atoms with Gasteiger partial charge in [0, 0.05) is 12.3 Å². The lowest BCUT2D eigenvalue weighted by atomic mass is 9.46. The van der Waals surface area contributed by atoms with Gasteiger partial charge in [-0.1, -0.05) is 25.5 Å². The summed E-state index contributed by atoms with van der Waals surface area (Å²) in [4.78, 5) is 24.5. The van der Waals surface area contributed by atoms with Gasteiger partial charge in [-0.05, 0) is 68.6 Å². The molecule has 0 heterocycles. The van der Waals surface area contributed by atoms with E-state index in [9.17, 15) is 14.7 Å². The van der Waals surface area contributed by atoms with E-state index in [4.69, 9.17) is 0 Å². The molecule has 7 atom stereocenters. The lowest BCUT2D eigenvalue weighted by Gasteiger charge is -2.58. The molecule has 0 spiro atoms. The van der Waals surface area contributed by atoms with Crippen LogP contribution in [0.1, 0.15) is 65.7 Å². The molecule has 132 valence electrons. The summed E-state index contributed by atoms with van der Waals surface area (Å²) in [7, 11) is 0. The second kappa shape index (κ2) is 5.03. The van der Waals surface area contributed by atoms with Crippen LogP contribution >= 0.6 is 0 Å². The second-order valence-corrected chi connectivity index (χ2v) is 9.39. The largest absolute Gasteiger partial charge is 0.390 e. The Morgan fingerprint density at radius 2 is 1.88 bits per heavy atom. The van der Waals surface area contributed by atoms with Gasteiger partial charge in [-0.25, -0.2) is 0 Å². The monoisotopic (exact) mass is 330 g/mol. The minimum atomic E-state index is -0.587. The number of rotatable bonds is 1. The van der Waals surface area contributed by atoms with E-state index < -0.39 is 11.0 Å². The van der Waals surface area contributed by atoms with Crippen molar-refractivity contribution in [2.45, 2.75) is 71.3 Å². The van der Waals surface area contributed by atoms with Gasteiger partial charge in [0.2, 0.25) is 0 Å². The van der Waals surface area contributed by atoms with Crippen LogP contribution in [0.3, 0.4) is 0 Å². The molecule has 3 saturated carbocycles. The fourth-order valence-corrected chi connectivity index (χ4v) is 7.01. The number of hydrogen-bond donors (Lipinski definition) is 1. The van der Waals surface area contributed by atoms with Crippen molar-refractivity contribution < 1.29 is 14.7 Å². The van der Waals surface area contributed by atoms with Crippen molar-refractivity contribution in [2.75, 3.05) is 0 Å². The zero-order valence-corrected chi connectivity index (χ0v) is 15.2. The van der Waals surface area contributed by atoms with Gasteiger partial charge in [0.15, 0.2) is 0 Å². The van der Waals surface area contributed by atoms with Gasteiger partial charge >= 0.3 is 0 Å². The average Bonchev–Trinajstić information content (AvgIpc) is 2.80. The molecule has 0 aromatic heterocycles. The quantitative estimate of drug-likeness (QED) is 0.589. The maximum absolute atomic E-state index is 12.3. The van der Waals surface area contributed by atoms with Crippen molar-refractivity contribution in [1.29, 1.82) is 0 Å². The number of aldehydes is 1. The van der Waals surface area contributed by atoms with Crippen molar-refractivity contribution in [3.05, 3.63) is 11.6 Å². The molecule has 3 heteroatoms. The summed E-state index contributed by atoms with van der Waals surface area (Å²) in [6, 6.07) is 0. The van der Waals surface area contributed by atoms with Gasteiger partial charge in [0.25, 0.3) is 0 Å². The summed E-state index contributed by atoms with van der Waals surface area (Å²) in [6.07, 6.45) is 9.58. The van der Waals surface area contributed by atoms with E-state index in [0.29, 0.717) is 36.4 Å². The molecule has 0 amide bonds. The maximum Gasteiger partial charge on any atom is 0.139 e. The summed E-state index contributed by atoms with van der Waals surface area (Å²) in [6.45, 7) is 6.26. The van der Waals surface area contributed by atoms with Crippen LogP contribution in [0.4, 0.5) is 0 Å². The summed E-state index contributed by atoms with van der Waals surface area (Å²) in [5, 5.41) is 10.9. The molecule has 4 aliphatic carbocycles. The van der Waals surface area contributed by atoms with Crippen LogP contribution in [0, 0.1) is 34.5 Å². The number of ketones is 1. The van der Waals surface area contributed by atoms with Crippen molar-refractivity contribution in [3.8, 4) is 0 Å². The molecule has 3 nitrogen and oxygen atoms in total. The Labute approximate surface area is 144 Å². The molecule has 1 N–H and O–H groups in total. The SMILES string of the molecule is C[C@@H]1C(=O)CC[C@@]2(C=O)C1=CC[C@@H]1[C@@H]2CC[C@@]2(C)[C@H]1CC[C@]2(C)O. The lowest BCUT2D eigenvalue weighted by Crippen LogP contribution is -2.55. The molecule has 24 heavy (non-hydrogen) atoms. The Kier molecular flexibility index (Phi) is 3.46. The Morgan fingerprint density at radius 1 is 1.17 bits per heavy atom. The van der Waals surface area contributed by atoms with Gasteiger partial charge < -0.3 is 9.90 Å². The zero-order valence-electron chi connectivity index (χ0n) is 15.2. The van der Waals surface area contributed by atoms with E-state index in [1.54, 1.807) is 0 Å². The summed E-state index contributed by atoms with van der Waals surface area (Å²) < 4.78 is 0. The van der Waals surface area contributed by atoms with Crippen molar-refractivity contribution in [1.82, 2.24) is 0 Å². The van der Waals surface area contributed by atoms with E-state index in [-0.39, 0.29) is 11.3 Å². The van der Waals surface area contributed by atoms with E-state index in [2.05, 4.69) is 13.0 Å². The van der Waals surface area contributed by atoms with E-state index in [1.807, 2.05) is 13.8 Å². The first kappa shape index (κ1) is 16.5. The predicted octanol–water partition coefficient (Wildman–Crippen LogP) is 3.69. The van der Waals surface area contributed by atoms with Crippen LogP contribution in [-0.4, -0.2) is 22.8 Å². The summed E-state index contributed by atoms with van der Waals surface area (Å²) in [5.74, 6) is 1.53. The lowest BCUT2D eigenvalue weighted by molar-refractivity contribution is -0.139. The average molecular weight is 330 g/mol. The second-order valence-electron chi connectivity index (χ2n) is 9.39. The fraction of sp³-hybridized carbons (Fsp3) is 0.810. The van der Waals surface area contributed by atoms with Gasteiger partial charge in [0.05, 0.1) is 11.0 Å². The normalized spacial score (nSPS) is 53.7. The number of aliphatic hydroxyl groups is 1. The first-order valence-corrected chi connectivity index (χ1v) is 9.69. The van der Waals surface area contributed by atoms with E-state index in [1.165, 1.54) is 6.29 Å². The molecule has 3 fully saturated rings. The Morgan fingerprint density at radius 3 is 2.58 bits per heavy atom. The number of hydrogen-bond acceptors (Lipinski definition) is 3. The Hall–Kier alpha value is -0.960. The maximum atomic E-state index is 12.3. The molecule has 4 rings (SSSR count). The minimum absolute atomic E-state index is 0.0281. The van der Waals surface area contributed by atoms with Crippen LogP contribution in [-0.2, 0) is 9.59 Å². The molecule has 0 saturated heterocycles. The number of allylic oxidation sites excluding steroid dienone is 2. The fourth-order valence-electron chi connectivity index (χ4n) is 7.01. The number of Topliss-reactive ketones (excluding diaryl/α,β-unsaturated/α-hetero) is 1. The molecule has 0 aliphatic heterocycles. The number of carbonyl (C=O) groups excluding carboxylic acids is 2. The van der Waals surface area contributed by atoms with Crippen LogP contribution in [0.5, 0.6) is 0 Å². The zero-order chi connectivity index (χ0) is 17.3. The standard InChI is InChI=1S/C21H30O3/c1-13-15-5-4-14-16-7-10-20(3,24)19(16,2)9-6-17(14)21(15,12-22)11-8-18(13)23/h5,12-14,16-17,24H,4,6-11H2,1-3H3/t13-,14-,16-,17-,19-,20-,21+/m0/s1. The Balaban J connectivity index is 1.76. The molecular formula is C21H30O3. The van der Waals surface area contributed by atoms with Crippen LogP contribution in [0.2, 0.25) is 0 Å². The number of fused-ring (bicyclic) bond motifs is 5. The smallest absolute Gasteiger partial charge is 0.139 e. The Bertz CT molecular complexity index is 619. The molecular weight excluding hydrogens is 300 g/mol. The van der Waals surface area contributed by atoms with Crippen LogP contribution in [0.25, 0.3) is 0 Å². The van der Waals surface area contributed by atoms with Crippen LogP contribution in [0.15, 0.2) is 11.6 Å². The molecule has 0 radical (unpaired) electrons. The predicted molar refractivity (Wildman–Crippen MR) is 92.3 cm³/mol. The highest BCUT2D eigenvalue weighted by atomic mass is 16.3. The third-order valence-electron chi connectivity index (χ3n) is 8.75. The van der Waals surface area contributed by atoms with Gasteiger partial charge in [-0.2, -0.15) is 0 Å². The highest BCUT2D eigenvalue weighted by Gasteiger charge is 2.63. The van der Waals surface area contributed by atoms with Crippen molar-refractivity contribution >= 4 is 12.1 Å². The molecule has 4 aliphatic rings.